The number of hydrogen-bond acceptors (Lipinski definition) is 5. The maximum Gasteiger partial charge on any atom is 0.229 e. The second kappa shape index (κ2) is 4.51. The summed E-state index contributed by atoms with van der Waals surface area (Å²) in [5.41, 5.74) is 0. The average molecular weight is 315 g/mol. The van der Waals surface area contributed by atoms with Gasteiger partial charge < -0.3 is 9.63 Å². The molecule has 1 N–H and O–H groups in total. The summed E-state index contributed by atoms with van der Waals surface area (Å²) in [6.45, 7) is 0. The molecule has 4 nitrogen and oxygen atoms in total. The van der Waals surface area contributed by atoms with Crippen molar-refractivity contribution in [3.05, 3.63) is 21.8 Å². The first-order valence-electron chi connectivity index (χ1n) is 5.49. The molecular weight excluding hydrogens is 304 g/mol. The van der Waals surface area contributed by atoms with Gasteiger partial charge in [0.25, 0.3) is 0 Å². The van der Waals surface area contributed by atoms with Crippen molar-refractivity contribution in [2.45, 2.75) is 25.4 Å². The summed E-state index contributed by atoms with van der Waals surface area (Å²) in [5.74, 6) is 1.55. The highest BCUT2D eigenvalue weighted by atomic mass is 79.9. The molecule has 0 amide bonds. The van der Waals surface area contributed by atoms with E-state index >= 15 is 0 Å². The summed E-state index contributed by atoms with van der Waals surface area (Å²) >= 11 is 4.96. The van der Waals surface area contributed by atoms with Crippen LogP contribution in [0.25, 0.3) is 10.7 Å². The highest BCUT2D eigenvalue weighted by Gasteiger charge is 2.31. The molecule has 1 aliphatic rings. The van der Waals surface area contributed by atoms with Crippen LogP contribution in [0.2, 0.25) is 0 Å². The lowest BCUT2D eigenvalue weighted by atomic mass is 10.2. The molecule has 6 heteroatoms. The van der Waals surface area contributed by atoms with Crippen LogP contribution < -0.4 is 0 Å². The van der Waals surface area contributed by atoms with Crippen LogP contribution in [0.4, 0.5) is 0 Å². The second-order valence-electron chi connectivity index (χ2n) is 4.22. The van der Waals surface area contributed by atoms with Crippen molar-refractivity contribution in [1.82, 2.24) is 10.1 Å². The highest BCUT2D eigenvalue weighted by molar-refractivity contribution is 9.11. The number of aliphatic hydroxyl groups excluding tert-OH is 1. The minimum Gasteiger partial charge on any atom is -0.392 e. The van der Waals surface area contributed by atoms with Gasteiger partial charge in [-0.1, -0.05) is 5.16 Å². The number of thiophene rings is 1. The topological polar surface area (TPSA) is 59.2 Å². The van der Waals surface area contributed by atoms with E-state index in [1.165, 1.54) is 0 Å². The monoisotopic (exact) mass is 314 g/mol. The normalized spacial score (nSPS) is 17.3. The Hall–Kier alpha value is -0.720. The van der Waals surface area contributed by atoms with E-state index in [1.807, 2.05) is 12.1 Å². The number of hydrogen-bond donors (Lipinski definition) is 1. The first-order valence-corrected chi connectivity index (χ1v) is 7.09. The molecule has 0 bridgehead atoms. The maximum atomic E-state index is 9.79. The highest BCUT2D eigenvalue weighted by Crippen LogP contribution is 2.34. The second-order valence-corrected chi connectivity index (χ2v) is 6.69. The fraction of sp³-hybridized carbons (Fsp3) is 0.455. The van der Waals surface area contributed by atoms with Crippen molar-refractivity contribution in [2.75, 3.05) is 0 Å². The van der Waals surface area contributed by atoms with Crippen LogP contribution in [0.3, 0.4) is 0 Å². The van der Waals surface area contributed by atoms with E-state index in [0.717, 1.165) is 21.5 Å². The molecule has 0 saturated heterocycles. The molecule has 1 unspecified atom stereocenters. The summed E-state index contributed by atoms with van der Waals surface area (Å²) in [5, 5.41) is 13.7. The number of aromatic nitrogens is 2. The van der Waals surface area contributed by atoms with Crippen LogP contribution in [-0.2, 0) is 6.42 Å². The van der Waals surface area contributed by atoms with Crippen LogP contribution in [0, 0.1) is 5.92 Å². The molecule has 1 atom stereocenters. The van der Waals surface area contributed by atoms with Crippen molar-refractivity contribution < 1.29 is 9.63 Å². The molecule has 2 heterocycles. The minimum atomic E-state index is -0.335. The first-order chi connectivity index (χ1) is 8.22. The minimum absolute atomic E-state index is 0.335. The molecule has 0 aliphatic heterocycles. The summed E-state index contributed by atoms with van der Waals surface area (Å²) < 4.78 is 6.19. The largest absolute Gasteiger partial charge is 0.392 e. The number of rotatable bonds is 4. The summed E-state index contributed by atoms with van der Waals surface area (Å²) in [6.07, 6.45) is 2.35. The van der Waals surface area contributed by atoms with E-state index in [9.17, 15) is 5.11 Å². The molecule has 1 fully saturated rings. The number of aliphatic hydroxyl groups is 1. The van der Waals surface area contributed by atoms with Gasteiger partial charge in [0.2, 0.25) is 11.7 Å². The average Bonchev–Trinajstić information content (AvgIpc) is 2.92. The lowest BCUT2D eigenvalue weighted by Gasteiger charge is -2.03. The van der Waals surface area contributed by atoms with Crippen molar-refractivity contribution in [1.29, 1.82) is 0 Å². The zero-order chi connectivity index (χ0) is 11.8. The third-order valence-electron chi connectivity index (χ3n) is 2.81. The smallest absolute Gasteiger partial charge is 0.229 e. The quantitative estimate of drug-likeness (QED) is 0.942. The van der Waals surface area contributed by atoms with E-state index < -0.39 is 0 Å². The molecule has 2 aromatic heterocycles. The fourth-order valence-electron chi connectivity index (χ4n) is 1.70. The zero-order valence-electron chi connectivity index (χ0n) is 8.97. The van der Waals surface area contributed by atoms with E-state index in [0.29, 0.717) is 24.1 Å². The predicted molar refractivity (Wildman–Crippen MR) is 67.7 cm³/mol. The van der Waals surface area contributed by atoms with Gasteiger partial charge in [0.1, 0.15) is 0 Å². The van der Waals surface area contributed by atoms with E-state index in [1.54, 1.807) is 11.3 Å². The van der Waals surface area contributed by atoms with Gasteiger partial charge in [0.15, 0.2) is 0 Å². The van der Waals surface area contributed by atoms with Crippen LogP contribution in [0.5, 0.6) is 0 Å². The Morgan fingerprint density at radius 2 is 2.35 bits per heavy atom. The van der Waals surface area contributed by atoms with Crippen molar-refractivity contribution >= 4 is 27.3 Å². The lowest BCUT2D eigenvalue weighted by Crippen LogP contribution is -2.12. The van der Waals surface area contributed by atoms with E-state index in [4.69, 9.17) is 4.52 Å². The van der Waals surface area contributed by atoms with Gasteiger partial charge in [0.05, 0.1) is 21.2 Å². The Balaban J connectivity index is 1.73. The third-order valence-corrected chi connectivity index (χ3v) is 4.43. The Bertz CT molecular complexity index is 521. The fourth-order valence-corrected chi connectivity index (χ4v) is 3.01. The first kappa shape index (κ1) is 11.4. The van der Waals surface area contributed by atoms with Crippen molar-refractivity contribution in [2.24, 2.45) is 5.92 Å². The zero-order valence-corrected chi connectivity index (χ0v) is 11.4. The Morgan fingerprint density at radius 1 is 1.53 bits per heavy atom. The molecule has 90 valence electrons. The predicted octanol–water partition coefficient (Wildman–Crippen LogP) is 2.87. The van der Waals surface area contributed by atoms with Gasteiger partial charge in [-0.15, -0.1) is 11.3 Å². The van der Waals surface area contributed by atoms with Gasteiger partial charge >= 0.3 is 0 Å². The molecular formula is C11H11BrN2O2S. The lowest BCUT2D eigenvalue weighted by molar-refractivity contribution is 0.140. The molecule has 0 aromatic carbocycles. The summed E-state index contributed by atoms with van der Waals surface area (Å²) in [4.78, 5) is 5.26. The molecule has 0 spiro atoms. The Labute approximate surface area is 111 Å². The summed E-state index contributed by atoms with van der Waals surface area (Å²) in [6, 6.07) is 3.90. The van der Waals surface area contributed by atoms with Gasteiger partial charge in [-0.2, -0.15) is 4.98 Å². The van der Waals surface area contributed by atoms with E-state index in [-0.39, 0.29) is 6.10 Å². The molecule has 1 saturated carbocycles. The van der Waals surface area contributed by atoms with Gasteiger partial charge in [0, 0.05) is 0 Å². The molecule has 17 heavy (non-hydrogen) atoms. The third kappa shape index (κ3) is 2.59. The van der Waals surface area contributed by atoms with Crippen LogP contribution >= 0.6 is 27.3 Å². The van der Waals surface area contributed by atoms with Gasteiger partial charge in [-0.3, -0.25) is 0 Å². The molecule has 0 radical (unpaired) electrons. The molecule has 3 rings (SSSR count). The standard InChI is InChI=1S/C11H11BrN2O2S/c12-9-4-3-8(17-9)11-13-10(16-14-11)5-7(15)6-1-2-6/h3-4,6-7,15H,1-2,5H2. The van der Waals surface area contributed by atoms with Crippen molar-refractivity contribution in [3.63, 3.8) is 0 Å². The Morgan fingerprint density at radius 3 is 3.00 bits per heavy atom. The molecule has 2 aromatic rings. The van der Waals surface area contributed by atoms with Crippen LogP contribution in [-0.4, -0.2) is 21.4 Å². The van der Waals surface area contributed by atoms with Gasteiger partial charge in [-0.05, 0) is 46.8 Å². The SMILES string of the molecule is OC(Cc1nc(-c2ccc(Br)s2)no1)C1CC1. The Kier molecular flexibility index (Phi) is 3.02. The molecule has 1 aliphatic carbocycles. The van der Waals surface area contributed by atoms with E-state index in [2.05, 4.69) is 26.1 Å². The van der Waals surface area contributed by atoms with Crippen molar-refractivity contribution in [3.8, 4) is 10.7 Å². The number of halogens is 1. The summed E-state index contributed by atoms with van der Waals surface area (Å²) in [7, 11) is 0. The number of nitrogens with zero attached hydrogens (tertiary/aromatic N) is 2. The van der Waals surface area contributed by atoms with Crippen LogP contribution in [0.1, 0.15) is 18.7 Å². The maximum absolute atomic E-state index is 9.79. The van der Waals surface area contributed by atoms with Crippen LogP contribution in [0.15, 0.2) is 20.4 Å². The van der Waals surface area contributed by atoms with Gasteiger partial charge in [-0.25, -0.2) is 0 Å².